The van der Waals surface area contributed by atoms with Crippen LogP contribution < -0.4 is 10.6 Å². The van der Waals surface area contributed by atoms with Gasteiger partial charge in [-0.05, 0) is 36.4 Å². The van der Waals surface area contributed by atoms with Gasteiger partial charge in [-0.25, -0.2) is 0 Å². The molecule has 2 aromatic carbocycles. The molecule has 3 nitrogen and oxygen atoms in total. The van der Waals surface area contributed by atoms with Crippen LogP contribution in [0.1, 0.15) is 10.4 Å². The van der Waals surface area contributed by atoms with Gasteiger partial charge in [-0.15, -0.1) is 0 Å². The van der Waals surface area contributed by atoms with Gasteiger partial charge in [0.2, 0.25) is 3.79 Å². The minimum atomic E-state index is -1.82. The SMILES string of the molecule is O=C(N[C@H](Nc1cccc(Cl)c1Cl)C(Cl)(Cl)Cl)c1ccc(Br)cc1. The van der Waals surface area contributed by atoms with Crippen molar-refractivity contribution in [1.29, 1.82) is 0 Å². The number of rotatable bonds is 4. The number of hydrogen-bond donors (Lipinski definition) is 2. The van der Waals surface area contributed by atoms with E-state index in [0.717, 1.165) is 4.47 Å². The standard InChI is InChI=1S/C15H10BrCl5N2O/c16-9-6-4-8(5-7-9)13(24)23-14(15(19,20)21)22-11-3-1-2-10(17)12(11)18/h1-7,14,22H,(H,23,24)/t14-/m0/s1. The molecule has 0 fully saturated rings. The van der Waals surface area contributed by atoms with Crippen molar-refractivity contribution in [3.63, 3.8) is 0 Å². The van der Waals surface area contributed by atoms with E-state index in [9.17, 15) is 4.79 Å². The van der Waals surface area contributed by atoms with E-state index in [-0.39, 0.29) is 5.02 Å². The zero-order valence-electron chi connectivity index (χ0n) is 11.8. The molecule has 2 rings (SSSR count). The highest BCUT2D eigenvalue weighted by atomic mass is 79.9. The summed E-state index contributed by atoms with van der Waals surface area (Å²) < 4.78 is -0.975. The third-order valence-corrected chi connectivity index (χ3v) is 4.96. The van der Waals surface area contributed by atoms with E-state index in [4.69, 9.17) is 58.0 Å². The molecule has 2 N–H and O–H groups in total. The molecule has 1 amide bonds. The van der Waals surface area contributed by atoms with Crippen molar-refractivity contribution in [2.24, 2.45) is 0 Å². The number of amides is 1. The molecule has 0 aliphatic carbocycles. The topological polar surface area (TPSA) is 41.1 Å². The van der Waals surface area contributed by atoms with Crippen LogP contribution >= 0.6 is 73.9 Å². The number of halogens is 6. The van der Waals surface area contributed by atoms with Crippen molar-refractivity contribution < 1.29 is 4.79 Å². The van der Waals surface area contributed by atoms with Crippen LogP contribution in [-0.4, -0.2) is 15.9 Å². The number of hydrogen-bond acceptors (Lipinski definition) is 2. The molecule has 0 heterocycles. The minimum absolute atomic E-state index is 0.260. The van der Waals surface area contributed by atoms with Crippen LogP contribution in [0.2, 0.25) is 10.0 Å². The lowest BCUT2D eigenvalue weighted by Gasteiger charge is -2.28. The highest BCUT2D eigenvalue weighted by Gasteiger charge is 2.34. The van der Waals surface area contributed by atoms with E-state index in [1.54, 1.807) is 42.5 Å². The van der Waals surface area contributed by atoms with Crippen LogP contribution in [-0.2, 0) is 0 Å². The molecule has 0 aromatic heterocycles. The van der Waals surface area contributed by atoms with Crippen molar-refractivity contribution in [3.8, 4) is 0 Å². The average Bonchev–Trinajstić information content (AvgIpc) is 2.50. The van der Waals surface area contributed by atoms with Crippen LogP contribution in [0.3, 0.4) is 0 Å². The van der Waals surface area contributed by atoms with E-state index in [1.165, 1.54) is 0 Å². The molecule has 0 aliphatic rings. The zero-order chi connectivity index (χ0) is 17.9. The van der Waals surface area contributed by atoms with E-state index in [0.29, 0.717) is 16.3 Å². The molecule has 0 aliphatic heterocycles. The maximum Gasteiger partial charge on any atom is 0.252 e. The van der Waals surface area contributed by atoms with Crippen molar-refractivity contribution in [2.45, 2.75) is 9.96 Å². The second-order valence-electron chi connectivity index (χ2n) is 4.70. The first-order valence-corrected chi connectivity index (χ1v) is 9.20. The smallest absolute Gasteiger partial charge is 0.252 e. The number of benzene rings is 2. The summed E-state index contributed by atoms with van der Waals surface area (Å²) in [6.45, 7) is 0. The summed E-state index contributed by atoms with van der Waals surface area (Å²) in [6.07, 6.45) is -1.03. The Morgan fingerprint density at radius 1 is 1.04 bits per heavy atom. The first kappa shape index (κ1) is 20.0. The summed E-state index contributed by atoms with van der Waals surface area (Å²) in [6, 6.07) is 11.7. The Morgan fingerprint density at radius 2 is 1.67 bits per heavy atom. The normalized spacial score (nSPS) is 12.6. The minimum Gasteiger partial charge on any atom is -0.361 e. The van der Waals surface area contributed by atoms with Crippen LogP contribution in [0.15, 0.2) is 46.9 Å². The number of carbonyl (C=O) groups is 1. The molecule has 0 radical (unpaired) electrons. The van der Waals surface area contributed by atoms with Crippen LogP contribution in [0, 0.1) is 0 Å². The molecule has 0 bridgehead atoms. The van der Waals surface area contributed by atoms with Crippen molar-refractivity contribution in [1.82, 2.24) is 5.32 Å². The molecular formula is C15H10BrCl5N2O. The molecule has 128 valence electrons. The number of alkyl halides is 3. The largest absolute Gasteiger partial charge is 0.361 e. The van der Waals surface area contributed by atoms with Gasteiger partial charge >= 0.3 is 0 Å². The van der Waals surface area contributed by atoms with Gasteiger partial charge in [0.1, 0.15) is 6.17 Å². The Kier molecular flexibility index (Phi) is 6.94. The summed E-state index contributed by atoms with van der Waals surface area (Å²) in [5.41, 5.74) is 0.841. The summed E-state index contributed by atoms with van der Waals surface area (Å²) in [7, 11) is 0. The quantitative estimate of drug-likeness (QED) is 0.390. The molecule has 0 saturated heterocycles. The van der Waals surface area contributed by atoms with Crippen LogP contribution in [0.5, 0.6) is 0 Å². The van der Waals surface area contributed by atoms with Gasteiger partial charge in [-0.3, -0.25) is 4.79 Å². The molecule has 2 aromatic rings. The van der Waals surface area contributed by atoms with Crippen molar-refractivity contribution in [3.05, 3.63) is 62.5 Å². The van der Waals surface area contributed by atoms with Gasteiger partial charge in [0.25, 0.3) is 5.91 Å². The Bertz CT molecular complexity index is 734. The predicted octanol–water partition coefficient (Wildman–Crippen LogP) is 6.29. The molecule has 1 atom stereocenters. The third kappa shape index (κ3) is 5.32. The van der Waals surface area contributed by atoms with Gasteiger partial charge in [-0.2, -0.15) is 0 Å². The monoisotopic (exact) mass is 488 g/mol. The second kappa shape index (κ2) is 8.35. The Labute approximate surface area is 172 Å². The molecule has 9 heteroatoms. The summed E-state index contributed by atoms with van der Waals surface area (Å²) in [5.74, 6) is -0.413. The fraction of sp³-hybridized carbons (Fsp3) is 0.133. The molecule has 0 unspecified atom stereocenters. The maximum atomic E-state index is 12.4. The van der Waals surface area contributed by atoms with Crippen molar-refractivity contribution in [2.75, 3.05) is 5.32 Å². The van der Waals surface area contributed by atoms with Gasteiger partial charge in [0.15, 0.2) is 0 Å². The summed E-state index contributed by atoms with van der Waals surface area (Å²) >= 11 is 33.3. The van der Waals surface area contributed by atoms with E-state index in [2.05, 4.69) is 26.6 Å². The summed E-state index contributed by atoms with van der Waals surface area (Å²) in [5, 5.41) is 6.11. The molecule has 0 spiro atoms. The predicted molar refractivity (Wildman–Crippen MR) is 106 cm³/mol. The first-order valence-electron chi connectivity index (χ1n) is 6.52. The zero-order valence-corrected chi connectivity index (χ0v) is 17.2. The van der Waals surface area contributed by atoms with E-state index >= 15 is 0 Å². The van der Waals surface area contributed by atoms with E-state index < -0.39 is 15.9 Å². The van der Waals surface area contributed by atoms with Crippen LogP contribution in [0.4, 0.5) is 5.69 Å². The van der Waals surface area contributed by atoms with Gasteiger partial charge in [0.05, 0.1) is 15.7 Å². The third-order valence-electron chi connectivity index (χ3n) is 2.96. The Balaban J connectivity index is 2.21. The Hall–Kier alpha value is -0.360. The molecule has 24 heavy (non-hydrogen) atoms. The first-order chi connectivity index (χ1) is 11.2. The lowest BCUT2D eigenvalue weighted by Crippen LogP contribution is -2.49. The molecular weight excluding hydrogens is 481 g/mol. The lowest BCUT2D eigenvalue weighted by molar-refractivity contribution is 0.0942. The van der Waals surface area contributed by atoms with Crippen molar-refractivity contribution >= 4 is 85.5 Å². The van der Waals surface area contributed by atoms with Crippen LogP contribution in [0.25, 0.3) is 0 Å². The highest BCUT2D eigenvalue weighted by Crippen LogP contribution is 2.35. The van der Waals surface area contributed by atoms with E-state index in [1.807, 2.05) is 0 Å². The van der Waals surface area contributed by atoms with Gasteiger partial charge in [-0.1, -0.05) is 80.0 Å². The number of nitrogens with one attached hydrogen (secondary N) is 2. The van der Waals surface area contributed by atoms with Gasteiger partial charge in [0, 0.05) is 10.0 Å². The number of anilines is 1. The van der Waals surface area contributed by atoms with Gasteiger partial charge < -0.3 is 10.6 Å². The highest BCUT2D eigenvalue weighted by molar-refractivity contribution is 9.10. The molecule has 0 saturated carbocycles. The fourth-order valence-electron chi connectivity index (χ4n) is 1.79. The maximum absolute atomic E-state index is 12.4. The summed E-state index contributed by atoms with van der Waals surface area (Å²) in [4.78, 5) is 12.4. The Morgan fingerprint density at radius 3 is 2.25 bits per heavy atom. The fourth-order valence-corrected chi connectivity index (χ4v) is 2.73. The number of carbonyl (C=O) groups excluding carboxylic acids is 1. The lowest BCUT2D eigenvalue weighted by atomic mass is 10.2. The second-order valence-corrected chi connectivity index (χ2v) is 8.77. The average molecular weight is 491 g/mol.